The van der Waals surface area contributed by atoms with Gasteiger partial charge in [-0.3, -0.25) is 0 Å². The highest BCUT2D eigenvalue weighted by molar-refractivity contribution is 14.1. The van der Waals surface area contributed by atoms with Gasteiger partial charge in [-0.1, -0.05) is 42.7 Å². The van der Waals surface area contributed by atoms with E-state index in [2.05, 4.69) is 13.2 Å². The van der Waals surface area contributed by atoms with Crippen molar-refractivity contribution in [3.8, 4) is 0 Å². The molecule has 0 heterocycles. The van der Waals surface area contributed by atoms with E-state index in [1.54, 1.807) is 0 Å². The zero-order chi connectivity index (χ0) is 17.0. The van der Waals surface area contributed by atoms with Gasteiger partial charge in [-0.2, -0.15) is 0 Å². The fourth-order valence-corrected chi connectivity index (χ4v) is 1.61. The van der Waals surface area contributed by atoms with Gasteiger partial charge in [0.1, 0.15) is 19.8 Å². The van der Waals surface area contributed by atoms with E-state index in [0.29, 0.717) is 6.42 Å². The van der Waals surface area contributed by atoms with Crippen molar-refractivity contribution >= 4 is 40.5 Å². The first-order chi connectivity index (χ1) is 10.4. The van der Waals surface area contributed by atoms with Gasteiger partial charge in [-0.05, 0) is 10.5 Å². The molecule has 0 fully saturated rings. The Labute approximate surface area is 143 Å². The normalized spacial score (nSPS) is 10.8. The van der Waals surface area contributed by atoms with Crippen LogP contribution < -0.4 is 0 Å². The molecule has 0 spiro atoms. The Morgan fingerprint density at radius 2 is 1.36 bits per heavy atom. The molecule has 0 aromatic heterocycles. The van der Waals surface area contributed by atoms with Crippen LogP contribution in [0, 0.1) is 5.41 Å². The van der Waals surface area contributed by atoms with Gasteiger partial charge in [0.2, 0.25) is 0 Å². The quantitative estimate of drug-likeness (QED) is 0.233. The Kier molecular flexibility index (Phi) is 10.2. The summed E-state index contributed by atoms with van der Waals surface area (Å²) in [5, 5.41) is 0. The smallest absolute Gasteiger partial charge is 0.331 e. The number of esters is 3. The summed E-state index contributed by atoms with van der Waals surface area (Å²) in [6.45, 7) is 8.22. The van der Waals surface area contributed by atoms with Crippen molar-refractivity contribution in [2.24, 2.45) is 5.41 Å². The van der Waals surface area contributed by atoms with E-state index in [-0.39, 0.29) is 19.8 Å². The van der Waals surface area contributed by atoms with Crippen molar-refractivity contribution in [2.75, 3.05) is 19.8 Å². The fraction of sp³-hybridized carbons (Fsp3) is 0.400. The minimum atomic E-state index is -0.827. The SMILES string of the molecule is C=CC(=O)OCC(CC)(COC(=O)C=C)COC(=O)/C=C\I. The summed E-state index contributed by atoms with van der Waals surface area (Å²) >= 11 is 1.89. The third kappa shape index (κ3) is 7.96. The summed E-state index contributed by atoms with van der Waals surface area (Å²) < 4.78 is 16.7. The molecular formula is C15H19IO6. The summed E-state index contributed by atoms with van der Waals surface area (Å²) in [6, 6.07) is 0. The molecule has 0 N–H and O–H groups in total. The number of hydrogen-bond donors (Lipinski definition) is 0. The van der Waals surface area contributed by atoms with Crippen molar-refractivity contribution in [1.82, 2.24) is 0 Å². The highest BCUT2D eigenvalue weighted by Crippen LogP contribution is 2.24. The number of halogens is 1. The van der Waals surface area contributed by atoms with Gasteiger partial charge in [-0.25, -0.2) is 14.4 Å². The second kappa shape index (κ2) is 11.0. The zero-order valence-electron chi connectivity index (χ0n) is 12.4. The molecule has 22 heavy (non-hydrogen) atoms. The first-order valence-electron chi connectivity index (χ1n) is 6.45. The van der Waals surface area contributed by atoms with E-state index < -0.39 is 23.3 Å². The molecule has 0 radical (unpaired) electrons. The molecule has 0 aromatic rings. The topological polar surface area (TPSA) is 78.9 Å². The minimum Gasteiger partial charge on any atom is -0.462 e. The van der Waals surface area contributed by atoms with Crippen LogP contribution in [0.25, 0.3) is 0 Å². The maximum absolute atomic E-state index is 11.4. The molecule has 0 aliphatic rings. The van der Waals surface area contributed by atoms with Crippen LogP contribution in [0.5, 0.6) is 0 Å². The van der Waals surface area contributed by atoms with Gasteiger partial charge in [0, 0.05) is 18.2 Å². The van der Waals surface area contributed by atoms with Crippen LogP contribution in [0.3, 0.4) is 0 Å². The average Bonchev–Trinajstić information content (AvgIpc) is 2.54. The summed E-state index contributed by atoms with van der Waals surface area (Å²) in [7, 11) is 0. The third-order valence-electron chi connectivity index (χ3n) is 2.84. The second-order valence-corrected chi connectivity index (χ2v) is 5.10. The standard InChI is InChI=1S/C15H19IO6/c1-4-12(17)20-9-15(6-3,10-21-13(18)5-2)11-22-14(19)7-8-16/h4-5,7-8H,1-2,6,9-11H2,3H3/b8-7-. The number of ether oxygens (including phenoxy) is 3. The highest BCUT2D eigenvalue weighted by Gasteiger charge is 2.33. The molecule has 6 nitrogen and oxygen atoms in total. The van der Waals surface area contributed by atoms with Crippen molar-refractivity contribution < 1.29 is 28.6 Å². The predicted molar refractivity (Wildman–Crippen MR) is 89.2 cm³/mol. The molecular weight excluding hydrogens is 403 g/mol. The minimum absolute atomic E-state index is 0.0574. The third-order valence-corrected chi connectivity index (χ3v) is 3.20. The number of rotatable bonds is 10. The monoisotopic (exact) mass is 422 g/mol. The van der Waals surface area contributed by atoms with Crippen LogP contribution in [0.4, 0.5) is 0 Å². The van der Waals surface area contributed by atoms with E-state index >= 15 is 0 Å². The summed E-state index contributed by atoms with van der Waals surface area (Å²) in [5.41, 5.74) is -0.827. The van der Waals surface area contributed by atoms with Crippen LogP contribution in [0.1, 0.15) is 13.3 Å². The van der Waals surface area contributed by atoms with Gasteiger partial charge >= 0.3 is 17.9 Å². The molecule has 0 rings (SSSR count). The molecule has 0 aromatic carbocycles. The van der Waals surface area contributed by atoms with Gasteiger partial charge in [-0.15, -0.1) is 0 Å². The van der Waals surface area contributed by atoms with Crippen molar-refractivity contribution in [3.63, 3.8) is 0 Å². The molecule has 122 valence electrons. The number of carbonyl (C=O) groups is 3. The lowest BCUT2D eigenvalue weighted by atomic mass is 9.88. The van der Waals surface area contributed by atoms with Gasteiger partial charge < -0.3 is 14.2 Å². The number of hydrogen-bond acceptors (Lipinski definition) is 6. The summed E-state index contributed by atoms with van der Waals surface area (Å²) in [6.07, 6.45) is 3.78. The van der Waals surface area contributed by atoms with E-state index in [9.17, 15) is 14.4 Å². The molecule has 0 atom stereocenters. The molecule has 0 unspecified atom stereocenters. The van der Waals surface area contributed by atoms with Crippen LogP contribution in [-0.2, 0) is 28.6 Å². The van der Waals surface area contributed by atoms with Crippen molar-refractivity contribution in [3.05, 3.63) is 35.5 Å². The lowest BCUT2D eigenvalue weighted by Crippen LogP contribution is -2.38. The van der Waals surface area contributed by atoms with Gasteiger partial charge in [0.15, 0.2) is 0 Å². The largest absolute Gasteiger partial charge is 0.462 e. The lowest BCUT2D eigenvalue weighted by molar-refractivity contribution is -0.156. The van der Waals surface area contributed by atoms with E-state index in [1.165, 1.54) is 10.2 Å². The Morgan fingerprint density at radius 1 is 0.955 bits per heavy atom. The lowest BCUT2D eigenvalue weighted by Gasteiger charge is -2.30. The molecule has 0 amide bonds. The molecule has 0 saturated heterocycles. The van der Waals surface area contributed by atoms with Crippen LogP contribution in [0.2, 0.25) is 0 Å². The maximum Gasteiger partial charge on any atom is 0.331 e. The maximum atomic E-state index is 11.4. The highest BCUT2D eigenvalue weighted by atomic mass is 127. The second-order valence-electron chi connectivity index (χ2n) is 4.38. The van der Waals surface area contributed by atoms with Crippen LogP contribution in [0.15, 0.2) is 35.5 Å². The van der Waals surface area contributed by atoms with E-state index in [1.807, 2.05) is 29.5 Å². The summed E-state index contributed by atoms with van der Waals surface area (Å²) in [5.74, 6) is -1.74. The van der Waals surface area contributed by atoms with Gasteiger partial charge in [0.05, 0.1) is 5.41 Å². The molecule has 0 aliphatic carbocycles. The first-order valence-corrected chi connectivity index (χ1v) is 7.69. The Hall–Kier alpha value is -1.64. The summed E-state index contributed by atoms with van der Waals surface area (Å²) in [4.78, 5) is 33.9. The Balaban J connectivity index is 4.91. The van der Waals surface area contributed by atoms with Gasteiger partial charge in [0.25, 0.3) is 0 Å². The van der Waals surface area contributed by atoms with Crippen molar-refractivity contribution in [1.29, 1.82) is 0 Å². The molecule has 0 saturated carbocycles. The molecule has 7 heteroatoms. The predicted octanol–water partition coefficient (Wildman–Crippen LogP) is 2.33. The van der Waals surface area contributed by atoms with Crippen molar-refractivity contribution in [2.45, 2.75) is 13.3 Å². The number of carbonyl (C=O) groups excluding carboxylic acids is 3. The van der Waals surface area contributed by atoms with E-state index in [0.717, 1.165) is 12.2 Å². The first kappa shape index (κ1) is 20.4. The fourth-order valence-electron chi connectivity index (χ4n) is 1.32. The van der Waals surface area contributed by atoms with Crippen LogP contribution in [-0.4, -0.2) is 37.7 Å². The molecule has 0 aliphatic heterocycles. The van der Waals surface area contributed by atoms with Crippen LogP contribution >= 0.6 is 22.6 Å². The molecule has 0 bridgehead atoms. The average molecular weight is 422 g/mol. The zero-order valence-corrected chi connectivity index (χ0v) is 14.5. The Morgan fingerprint density at radius 3 is 1.68 bits per heavy atom. The Bertz CT molecular complexity index is 431. The van der Waals surface area contributed by atoms with E-state index in [4.69, 9.17) is 14.2 Å².